The Hall–Kier alpha value is -1.36. The van der Waals surface area contributed by atoms with Crippen LogP contribution in [-0.4, -0.2) is 42.7 Å². The van der Waals surface area contributed by atoms with E-state index in [1.165, 1.54) is 19.3 Å². The van der Waals surface area contributed by atoms with Gasteiger partial charge in [-0.3, -0.25) is 0 Å². The van der Waals surface area contributed by atoms with Crippen LogP contribution in [0.3, 0.4) is 0 Å². The normalized spacial score (nSPS) is 23.6. The maximum atomic E-state index is 4.36. The summed E-state index contributed by atoms with van der Waals surface area (Å²) < 4.78 is 0. The number of rotatable bonds is 4. The van der Waals surface area contributed by atoms with Crippen molar-refractivity contribution in [3.63, 3.8) is 0 Å². The monoisotopic (exact) mass is 247 g/mol. The summed E-state index contributed by atoms with van der Waals surface area (Å²) in [5.74, 6) is 2.75. The molecule has 0 aromatic carbocycles. The maximum absolute atomic E-state index is 4.36. The summed E-state index contributed by atoms with van der Waals surface area (Å²) in [6.45, 7) is 5.53. The molecule has 3 heterocycles. The van der Waals surface area contributed by atoms with Gasteiger partial charge < -0.3 is 15.5 Å². The van der Waals surface area contributed by atoms with Crippen molar-refractivity contribution in [3.8, 4) is 0 Å². The Labute approximate surface area is 108 Å². The molecule has 1 aromatic heterocycles. The average Bonchev–Trinajstić information content (AvgIpc) is 3.10. The number of nitrogens with zero attached hydrogens (tertiary/aromatic N) is 3. The minimum Gasteiger partial charge on any atom is -0.370 e. The van der Waals surface area contributed by atoms with E-state index in [-0.39, 0.29) is 0 Å². The summed E-state index contributed by atoms with van der Waals surface area (Å²) in [4.78, 5) is 11.0. The first-order valence-electron chi connectivity index (χ1n) is 6.93. The molecule has 18 heavy (non-hydrogen) atoms. The van der Waals surface area contributed by atoms with Crippen molar-refractivity contribution in [2.75, 3.05) is 42.9 Å². The zero-order chi connectivity index (χ0) is 12.2. The number of nitrogens with one attached hydrogen (secondary N) is 2. The minimum absolute atomic E-state index is 0.732. The van der Waals surface area contributed by atoms with Crippen LogP contribution in [0.25, 0.3) is 0 Å². The van der Waals surface area contributed by atoms with E-state index in [0.717, 1.165) is 50.3 Å². The number of anilines is 2. The van der Waals surface area contributed by atoms with E-state index in [2.05, 4.69) is 31.6 Å². The molecule has 5 nitrogen and oxygen atoms in total. The lowest BCUT2D eigenvalue weighted by Gasteiger charge is -2.17. The molecule has 2 aliphatic rings. The summed E-state index contributed by atoms with van der Waals surface area (Å²) in [5, 5.41) is 6.82. The van der Waals surface area contributed by atoms with E-state index < -0.39 is 0 Å². The van der Waals surface area contributed by atoms with Gasteiger partial charge in [0, 0.05) is 25.7 Å². The molecule has 1 unspecified atom stereocenters. The molecule has 0 amide bonds. The molecule has 2 N–H and O–H groups in total. The van der Waals surface area contributed by atoms with Crippen molar-refractivity contribution in [1.29, 1.82) is 0 Å². The Morgan fingerprint density at radius 1 is 1.33 bits per heavy atom. The molecule has 3 rings (SSSR count). The summed E-state index contributed by atoms with van der Waals surface area (Å²) in [7, 11) is 0. The lowest BCUT2D eigenvalue weighted by molar-refractivity contribution is 0.614. The summed E-state index contributed by atoms with van der Waals surface area (Å²) >= 11 is 0. The Morgan fingerprint density at radius 2 is 2.22 bits per heavy atom. The standard InChI is InChI=1S/C13H21N5/c1-2-6-18(5-1)13-7-12(16-10-17-13)15-9-11-3-4-14-8-11/h7,10-11,14H,1-6,8-9H2,(H,15,16,17). The van der Waals surface area contributed by atoms with Gasteiger partial charge >= 0.3 is 0 Å². The van der Waals surface area contributed by atoms with Crippen LogP contribution >= 0.6 is 0 Å². The number of aromatic nitrogens is 2. The number of hydrogen-bond acceptors (Lipinski definition) is 5. The van der Waals surface area contributed by atoms with Crippen LogP contribution in [0.1, 0.15) is 19.3 Å². The van der Waals surface area contributed by atoms with Gasteiger partial charge in [0.25, 0.3) is 0 Å². The minimum atomic E-state index is 0.732. The quantitative estimate of drug-likeness (QED) is 0.834. The zero-order valence-corrected chi connectivity index (χ0v) is 10.7. The van der Waals surface area contributed by atoms with E-state index in [1.54, 1.807) is 6.33 Å². The molecule has 1 aromatic rings. The van der Waals surface area contributed by atoms with Crippen LogP contribution in [0.4, 0.5) is 11.6 Å². The van der Waals surface area contributed by atoms with Gasteiger partial charge in [-0.15, -0.1) is 0 Å². The lowest BCUT2D eigenvalue weighted by atomic mass is 10.1. The predicted octanol–water partition coefficient (Wildman–Crippen LogP) is 1.10. The van der Waals surface area contributed by atoms with Crippen molar-refractivity contribution in [2.45, 2.75) is 19.3 Å². The van der Waals surface area contributed by atoms with Gasteiger partial charge in [0.1, 0.15) is 18.0 Å². The molecule has 0 spiro atoms. The fraction of sp³-hybridized carbons (Fsp3) is 0.692. The fourth-order valence-corrected chi connectivity index (χ4v) is 2.70. The Bertz CT molecular complexity index is 383. The van der Waals surface area contributed by atoms with Crippen LogP contribution in [-0.2, 0) is 0 Å². The smallest absolute Gasteiger partial charge is 0.134 e. The third-order valence-electron chi connectivity index (χ3n) is 3.82. The highest BCUT2D eigenvalue weighted by molar-refractivity contribution is 5.48. The first-order valence-corrected chi connectivity index (χ1v) is 6.93. The topological polar surface area (TPSA) is 53.1 Å². The van der Waals surface area contributed by atoms with Crippen molar-refractivity contribution in [3.05, 3.63) is 12.4 Å². The van der Waals surface area contributed by atoms with E-state index in [9.17, 15) is 0 Å². The van der Waals surface area contributed by atoms with Crippen LogP contribution < -0.4 is 15.5 Å². The van der Waals surface area contributed by atoms with Gasteiger partial charge in [-0.1, -0.05) is 0 Å². The van der Waals surface area contributed by atoms with Gasteiger partial charge in [0.15, 0.2) is 0 Å². The Balaban J connectivity index is 1.59. The number of hydrogen-bond donors (Lipinski definition) is 2. The first-order chi connectivity index (χ1) is 8.92. The highest BCUT2D eigenvalue weighted by Crippen LogP contribution is 2.19. The molecule has 2 aliphatic heterocycles. The van der Waals surface area contributed by atoms with E-state index in [1.807, 2.05) is 0 Å². The summed E-state index contributed by atoms with van der Waals surface area (Å²) in [6.07, 6.45) is 5.49. The third-order valence-corrected chi connectivity index (χ3v) is 3.82. The molecule has 2 saturated heterocycles. The highest BCUT2D eigenvalue weighted by Gasteiger charge is 2.16. The Kier molecular flexibility index (Phi) is 3.59. The second kappa shape index (κ2) is 5.52. The molecule has 0 aliphatic carbocycles. The second-order valence-electron chi connectivity index (χ2n) is 5.20. The highest BCUT2D eigenvalue weighted by atomic mass is 15.2. The molecule has 0 radical (unpaired) electrons. The predicted molar refractivity (Wildman–Crippen MR) is 72.9 cm³/mol. The molecule has 98 valence electrons. The molecule has 0 saturated carbocycles. The van der Waals surface area contributed by atoms with Crippen LogP contribution in [0.2, 0.25) is 0 Å². The van der Waals surface area contributed by atoms with Crippen molar-refractivity contribution < 1.29 is 0 Å². The van der Waals surface area contributed by atoms with E-state index in [4.69, 9.17) is 0 Å². The van der Waals surface area contributed by atoms with Crippen molar-refractivity contribution in [1.82, 2.24) is 15.3 Å². The SMILES string of the molecule is c1nc(NCC2CCNC2)cc(N2CCCC2)n1. The molecular weight excluding hydrogens is 226 g/mol. The molecule has 0 bridgehead atoms. The third kappa shape index (κ3) is 2.72. The molecule has 2 fully saturated rings. The second-order valence-corrected chi connectivity index (χ2v) is 5.20. The van der Waals surface area contributed by atoms with E-state index >= 15 is 0 Å². The Morgan fingerprint density at radius 3 is 3.00 bits per heavy atom. The van der Waals surface area contributed by atoms with Crippen molar-refractivity contribution in [2.24, 2.45) is 5.92 Å². The van der Waals surface area contributed by atoms with Gasteiger partial charge in [-0.25, -0.2) is 9.97 Å². The maximum Gasteiger partial charge on any atom is 0.134 e. The van der Waals surface area contributed by atoms with Crippen LogP contribution in [0.5, 0.6) is 0 Å². The molecule has 1 atom stereocenters. The fourth-order valence-electron chi connectivity index (χ4n) is 2.70. The molecule has 5 heteroatoms. The zero-order valence-electron chi connectivity index (χ0n) is 10.7. The van der Waals surface area contributed by atoms with Crippen LogP contribution in [0.15, 0.2) is 12.4 Å². The van der Waals surface area contributed by atoms with E-state index in [0.29, 0.717) is 0 Å². The lowest BCUT2D eigenvalue weighted by Crippen LogP contribution is -2.20. The average molecular weight is 247 g/mol. The molecular formula is C13H21N5. The van der Waals surface area contributed by atoms with Crippen molar-refractivity contribution >= 4 is 11.6 Å². The van der Waals surface area contributed by atoms with Gasteiger partial charge in [0.2, 0.25) is 0 Å². The summed E-state index contributed by atoms with van der Waals surface area (Å²) in [6, 6.07) is 2.08. The van der Waals surface area contributed by atoms with Gasteiger partial charge in [0.05, 0.1) is 0 Å². The van der Waals surface area contributed by atoms with Gasteiger partial charge in [-0.2, -0.15) is 0 Å². The first kappa shape index (κ1) is 11.7. The largest absolute Gasteiger partial charge is 0.370 e. The summed E-state index contributed by atoms with van der Waals surface area (Å²) in [5.41, 5.74) is 0. The van der Waals surface area contributed by atoms with Crippen LogP contribution in [0, 0.1) is 5.92 Å². The van der Waals surface area contributed by atoms with Gasteiger partial charge in [-0.05, 0) is 38.3 Å².